The molecule has 6 heteroatoms. The van der Waals surface area contributed by atoms with Gasteiger partial charge in [0.25, 0.3) is 0 Å². The molecular formula is C14H22N2O3S. The number of nitrogens with one attached hydrogen (secondary N) is 1. The van der Waals surface area contributed by atoms with Crippen LogP contribution in [0.3, 0.4) is 0 Å². The van der Waals surface area contributed by atoms with Gasteiger partial charge in [0.05, 0.1) is 5.25 Å². The molecule has 0 spiro atoms. The second kappa shape index (κ2) is 6.61. The summed E-state index contributed by atoms with van der Waals surface area (Å²) in [5.41, 5.74) is 0. The zero-order valence-corrected chi connectivity index (χ0v) is 12.9. The molecule has 0 aromatic rings. The average Bonchev–Trinajstić information content (AvgIpc) is 3.02. The fourth-order valence-electron chi connectivity index (χ4n) is 3.02. The number of rotatable bonds is 5. The van der Waals surface area contributed by atoms with Crippen LogP contribution in [0.5, 0.6) is 0 Å². The molecule has 1 heterocycles. The SMILES string of the molecule is CSC1CC(=O)N(CC(=O)NC(C)C2CCCC2)C1=O. The van der Waals surface area contributed by atoms with E-state index in [1.165, 1.54) is 24.6 Å². The predicted molar refractivity (Wildman–Crippen MR) is 78.2 cm³/mol. The second-order valence-electron chi connectivity index (χ2n) is 5.65. The number of carbonyl (C=O) groups excluding carboxylic acids is 3. The number of nitrogens with zero attached hydrogens (tertiary/aromatic N) is 1. The Balaban J connectivity index is 1.85. The Kier molecular flexibility index (Phi) is 5.07. The molecule has 0 aromatic carbocycles. The van der Waals surface area contributed by atoms with Gasteiger partial charge in [-0.15, -0.1) is 0 Å². The van der Waals surface area contributed by atoms with Gasteiger partial charge in [0.15, 0.2) is 0 Å². The normalized spacial score (nSPS) is 25.3. The van der Waals surface area contributed by atoms with E-state index in [0.29, 0.717) is 5.92 Å². The predicted octanol–water partition coefficient (Wildman–Crippen LogP) is 1.17. The van der Waals surface area contributed by atoms with Gasteiger partial charge < -0.3 is 5.32 Å². The van der Waals surface area contributed by atoms with E-state index >= 15 is 0 Å². The minimum absolute atomic E-state index is 0.120. The number of imide groups is 1. The molecule has 1 aliphatic heterocycles. The zero-order valence-electron chi connectivity index (χ0n) is 12.1. The van der Waals surface area contributed by atoms with Crippen molar-refractivity contribution in [2.24, 2.45) is 5.92 Å². The van der Waals surface area contributed by atoms with Gasteiger partial charge >= 0.3 is 0 Å². The zero-order chi connectivity index (χ0) is 14.7. The monoisotopic (exact) mass is 298 g/mol. The summed E-state index contributed by atoms with van der Waals surface area (Å²) in [4.78, 5) is 36.8. The van der Waals surface area contributed by atoms with Crippen molar-refractivity contribution < 1.29 is 14.4 Å². The molecule has 1 saturated heterocycles. The maximum atomic E-state index is 12.0. The van der Waals surface area contributed by atoms with Gasteiger partial charge in [-0.1, -0.05) is 12.8 Å². The molecule has 1 saturated carbocycles. The lowest BCUT2D eigenvalue weighted by molar-refractivity contribution is -0.142. The number of hydrogen-bond donors (Lipinski definition) is 1. The standard InChI is InChI=1S/C14H22N2O3S/c1-9(10-5-3-4-6-10)15-12(17)8-16-13(18)7-11(20-2)14(16)19/h9-11H,3-8H2,1-2H3,(H,15,17). The van der Waals surface area contributed by atoms with E-state index < -0.39 is 0 Å². The van der Waals surface area contributed by atoms with Gasteiger partial charge in [-0.05, 0) is 31.9 Å². The van der Waals surface area contributed by atoms with Crippen molar-refractivity contribution in [1.29, 1.82) is 0 Å². The molecule has 1 N–H and O–H groups in total. The highest BCUT2D eigenvalue weighted by Gasteiger charge is 2.39. The number of hydrogen-bond acceptors (Lipinski definition) is 4. The van der Waals surface area contributed by atoms with Gasteiger partial charge in [-0.25, -0.2) is 0 Å². The third-order valence-corrected chi connectivity index (χ3v) is 5.22. The number of amides is 3. The summed E-state index contributed by atoms with van der Waals surface area (Å²) in [6.07, 6.45) is 6.77. The molecule has 3 amide bonds. The Bertz CT molecular complexity index is 407. The Morgan fingerprint density at radius 2 is 2.05 bits per heavy atom. The van der Waals surface area contributed by atoms with Crippen LogP contribution in [0.1, 0.15) is 39.0 Å². The van der Waals surface area contributed by atoms with E-state index in [0.717, 1.165) is 17.7 Å². The summed E-state index contributed by atoms with van der Waals surface area (Å²) in [5, 5.41) is 2.61. The van der Waals surface area contributed by atoms with E-state index in [1.54, 1.807) is 0 Å². The molecule has 112 valence electrons. The molecule has 5 nitrogen and oxygen atoms in total. The Morgan fingerprint density at radius 3 is 2.60 bits per heavy atom. The maximum Gasteiger partial charge on any atom is 0.243 e. The van der Waals surface area contributed by atoms with E-state index in [2.05, 4.69) is 5.32 Å². The Labute approximate surface area is 123 Å². The molecule has 2 unspecified atom stereocenters. The van der Waals surface area contributed by atoms with Crippen molar-refractivity contribution in [1.82, 2.24) is 10.2 Å². The van der Waals surface area contributed by atoms with Crippen LogP contribution in [0.25, 0.3) is 0 Å². The Hall–Kier alpha value is -1.04. The van der Waals surface area contributed by atoms with Gasteiger partial charge in [0.2, 0.25) is 17.7 Å². The van der Waals surface area contributed by atoms with Gasteiger partial charge in [-0.2, -0.15) is 11.8 Å². The summed E-state index contributed by atoms with van der Waals surface area (Å²) in [5.74, 6) is -0.167. The van der Waals surface area contributed by atoms with Crippen LogP contribution in [0.4, 0.5) is 0 Å². The summed E-state index contributed by atoms with van der Waals surface area (Å²) in [6, 6.07) is 0.120. The summed E-state index contributed by atoms with van der Waals surface area (Å²) >= 11 is 1.37. The van der Waals surface area contributed by atoms with Crippen molar-refractivity contribution in [3.63, 3.8) is 0 Å². The third kappa shape index (κ3) is 3.34. The molecule has 2 rings (SSSR count). The fourth-order valence-corrected chi connectivity index (χ4v) is 3.66. The minimum atomic E-state index is -0.317. The molecule has 0 radical (unpaired) electrons. The number of carbonyl (C=O) groups is 3. The number of likely N-dealkylation sites (tertiary alicyclic amines) is 1. The molecule has 2 aliphatic rings. The lowest BCUT2D eigenvalue weighted by atomic mass is 10.00. The summed E-state index contributed by atoms with van der Waals surface area (Å²) in [6.45, 7) is 1.87. The second-order valence-corrected chi connectivity index (χ2v) is 6.69. The molecule has 1 aliphatic carbocycles. The quantitative estimate of drug-likeness (QED) is 0.774. The molecule has 2 atom stereocenters. The largest absolute Gasteiger partial charge is 0.352 e. The minimum Gasteiger partial charge on any atom is -0.352 e. The molecule has 0 bridgehead atoms. The van der Waals surface area contributed by atoms with E-state index in [-0.39, 0.29) is 42.0 Å². The fraction of sp³-hybridized carbons (Fsp3) is 0.786. The Morgan fingerprint density at radius 1 is 1.40 bits per heavy atom. The van der Waals surface area contributed by atoms with Crippen molar-refractivity contribution in [2.75, 3.05) is 12.8 Å². The first kappa shape index (κ1) is 15.4. The highest BCUT2D eigenvalue weighted by molar-refractivity contribution is 8.00. The molecule has 20 heavy (non-hydrogen) atoms. The van der Waals surface area contributed by atoms with Crippen molar-refractivity contribution >= 4 is 29.5 Å². The van der Waals surface area contributed by atoms with Crippen LogP contribution < -0.4 is 5.32 Å². The van der Waals surface area contributed by atoms with Gasteiger partial charge in [0, 0.05) is 12.5 Å². The first-order valence-electron chi connectivity index (χ1n) is 7.19. The van der Waals surface area contributed by atoms with Crippen LogP contribution in [-0.4, -0.2) is 46.7 Å². The van der Waals surface area contributed by atoms with E-state index in [9.17, 15) is 14.4 Å². The van der Waals surface area contributed by atoms with Crippen LogP contribution in [0, 0.1) is 5.92 Å². The lowest BCUT2D eigenvalue weighted by Crippen LogP contribution is -2.45. The smallest absolute Gasteiger partial charge is 0.243 e. The van der Waals surface area contributed by atoms with Crippen molar-refractivity contribution in [3.8, 4) is 0 Å². The summed E-state index contributed by atoms with van der Waals surface area (Å²) < 4.78 is 0. The van der Waals surface area contributed by atoms with Crippen LogP contribution in [0.2, 0.25) is 0 Å². The first-order chi connectivity index (χ1) is 9.52. The van der Waals surface area contributed by atoms with Crippen molar-refractivity contribution in [2.45, 2.75) is 50.3 Å². The molecular weight excluding hydrogens is 276 g/mol. The van der Waals surface area contributed by atoms with Crippen LogP contribution in [0.15, 0.2) is 0 Å². The highest BCUT2D eigenvalue weighted by Crippen LogP contribution is 2.27. The van der Waals surface area contributed by atoms with Crippen LogP contribution in [-0.2, 0) is 14.4 Å². The summed E-state index contributed by atoms with van der Waals surface area (Å²) in [7, 11) is 0. The first-order valence-corrected chi connectivity index (χ1v) is 8.48. The number of thioether (sulfide) groups is 1. The molecule has 2 fully saturated rings. The highest BCUT2D eigenvalue weighted by atomic mass is 32.2. The molecule has 0 aromatic heterocycles. The maximum absolute atomic E-state index is 12.0. The van der Waals surface area contributed by atoms with Gasteiger partial charge in [0.1, 0.15) is 6.54 Å². The average molecular weight is 298 g/mol. The lowest BCUT2D eigenvalue weighted by Gasteiger charge is -2.22. The van der Waals surface area contributed by atoms with E-state index in [4.69, 9.17) is 0 Å². The van der Waals surface area contributed by atoms with Gasteiger partial charge in [-0.3, -0.25) is 19.3 Å². The van der Waals surface area contributed by atoms with Crippen molar-refractivity contribution in [3.05, 3.63) is 0 Å². The van der Waals surface area contributed by atoms with E-state index in [1.807, 2.05) is 13.2 Å². The third-order valence-electron chi connectivity index (χ3n) is 4.28. The van der Waals surface area contributed by atoms with Crippen LogP contribution >= 0.6 is 11.8 Å². The topological polar surface area (TPSA) is 66.5 Å².